The van der Waals surface area contributed by atoms with Gasteiger partial charge in [-0.05, 0) is 6.42 Å². The van der Waals surface area contributed by atoms with E-state index < -0.39 is 6.04 Å². The lowest BCUT2D eigenvalue weighted by molar-refractivity contribution is -0.134. The summed E-state index contributed by atoms with van der Waals surface area (Å²) in [6.45, 7) is 4.21. The van der Waals surface area contributed by atoms with Crippen molar-refractivity contribution in [2.75, 3.05) is 32.8 Å². The molecule has 0 aromatic heterocycles. The molecule has 1 fully saturated rings. The van der Waals surface area contributed by atoms with Crippen LogP contribution in [0, 0.1) is 11.3 Å². The lowest BCUT2D eigenvalue weighted by Gasteiger charge is -2.35. The van der Waals surface area contributed by atoms with Gasteiger partial charge < -0.3 is 20.3 Å². The zero-order valence-corrected chi connectivity index (χ0v) is 11.9. The fraction of sp³-hybridized carbons (Fsp3) is 0.769. The maximum absolute atomic E-state index is 11.9. The van der Waals surface area contributed by atoms with Crippen molar-refractivity contribution in [1.29, 1.82) is 5.26 Å². The Morgan fingerprint density at radius 3 is 2.45 bits per heavy atom. The van der Waals surface area contributed by atoms with Gasteiger partial charge in [0.15, 0.2) is 0 Å². The van der Waals surface area contributed by atoms with Crippen LogP contribution in [0.4, 0.5) is 4.79 Å². The number of carbonyl (C=O) groups excluding carboxylic acids is 2. The van der Waals surface area contributed by atoms with E-state index >= 15 is 0 Å². The van der Waals surface area contributed by atoms with Crippen molar-refractivity contribution in [3.8, 4) is 6.07 Å². The van der Waals surface area contributed by atoms with Gasteiger partial charge in [-0.15, -0.1) is 0 Å². The van der Waals surface area contributed by atoms with Crippen molar-refractivity contribution in [3.63, 3.8) is 0 Å². The number of nitrogens with two attached hydrogens (primary N) is 1. The first kappa shape index (κ1) is 16.2. The Kier molecular flexibility index (Phi) is 6.81. The van der Waals surface area contributed by atoms with Crippen molar-refractivity contribution >= 4 is 12.0 Å². The van der Waals surface area contributed by atoms with Gasteiger partial charge in [0.1, 0.15) is 0 Å². The van der Waals surface area contributed by atoms with Crippen LogP contribution in [0.25, 0.3) is 0 Å². The number of ether oxygens (including phenoxy) is 1. The predicted molar refractivity (Wildman–Crippen MR) is 72.6 cm³/mol. The third-order valence-electron chi connectivity index (χ3n) is 3.20. The summed E-state index contributed by atoms with van der Waals surface area (Å²) in [4.78, 5) is 26.8. The molecule has 1 heterocycles. The standard InChI is InChI=1S/C13H22N4O3/c1-2-3-10-20-13(19)17-8-6-16(7-9-17)12(18)11(15)4-5-14/h11H,2-4,6-10,15H2,1H3/t11-/m0/s1. The van der Waals surface area contributed by atoms with E-state index in [-0.39, 0.29) is 18.4 Å². The normalized spacial score (nSPS) is 16.4. The summed E-state index contributed by atoms with van der Waals surface area (Å²) in [5, 5.41) is 8.53. The average Bonchev–Trinajstić information content (AvgIpc) is 2.47. The summed E-state index contributed by atoms with van der Waals surface area (Å²) in [5.74, 6) is -0.231. The molecule has 0 unspecified atom stereocenters. The topological polar surface area (TPSA) is 99.7 Å². The number of carbonyl (C=O) groups is 2. The number of amides is 2. The van der Waals surface area contributed by atoms with Gasteiger partial charge in [-0.1, -0.05) is 13.3 Å². The minimum Gasteiger partial charge on any atom is -0.449 e. The van der Waals surface area contributed by atoms with Crippen LogP contribution in [0.3, 0.4) is 0 Å². The molecule has 0 aromatic rings. The number of hydrogen-bond donors (Lipinski definition) is 1. The van der Waals surface area contributed by atoms with E-state index in [9.17, 15) is 9.59 Å². The highest BCUT2D eigenvalue weighted by Crippen LogP contribution is 2.06. The molecule has 0 aliphatic carbocycles. The van der Waals surface area contributed by atoms with Crippen molar-refractivity contribution < 1.29 is 14.3 Å². The van der Waals surface area contributed by atoms with E-state index in [2.05, 4.69) is 0 Å². The second-order valence-electron chi connectivity index (χ2n) is 4.75. The number of piperazine rings is 1. The molecular formula is C13H22N4O3. The van der Waals surface area contributed by atoms with Crippen molar-refractivity contribution in [1.82, 2.24) is 9.80 Å². The van der Waals surface area contributed by atoms with Crippen LogP contribution in [0.1, 0.15) is 26.2 Å². The van der Waals surface area contributed by atoms with Crippen LogP contribution >= 0.6 is 0 Å². The van der Waals surface area contributed by atoms with Crippen molar-refractivity contribution in [3.05, 3.63) is 0 Å². The zero-order valence-electron chi connectivity index (χ0n) is 11.9. The summed E-state index contributed by atoms with van der Waals surface area (Å²) in [6.07, 6.45) is 1.52. The first-order valence-corrected chi connectivity index (χ1v) is 6.93. The molecule has 1 rings (SSSR count). The molecule has 0 aromatic carbocycles. The minimum atomic E-state index is -0.775. The minimum absolute atomic E-state index is 0.0120. The van der Waals surface area contributed by atoms with Crippen LogP contribution in [-0.2, 0) is 9.53 Å². The lowest BCUT2D eigenvalue weighted by Crippen LogP contribution is -2.54. The lowest BCUT2D eigenvalue weighted by atomic mass is 10.2. The highest BCUT2D eigenvalue weighted by molar-refractivity contribution is 5.82. The Bertz CT molecular complexity index is 372. The molecule has 1 atom stereocenters. The van der Waals surface area contributed by atoms with E-state index in [4.69, 9.17) is 15.7 Å². The van der Waals surface area contributed by atoms with Gasteiger partial charge in [0.05, 0.1) is 25.1 Å². The summed E-state index contributed by atoms with van der Waals surface area (Å²) in [7, 11) is 0. The summed E-state index contributed by atoms with van der Waals surface area (Å²) < 4.78 is 5.12. The van der Waals surface area contributed by atoms with Crippen LogP contribution in [0.2, 0.25) is 0 Å². The largest absolute Gasteiger partial charge is 0.449 e. The van der Waals surface area contributed by atoms with Crippen LogP contribution in [0.5, 0.6) is 0 Å². The Morgan fingerprint density at radius 1 is 1.30 bits per heavy atom. The van der Waals surface area contributed by atoms with Gasteiger partial charge in [-0.3, -0.25) is 4.79 Å². The Balaban J connectivity index is 2.34. The van der Waals surface area contributed by atoms with Gasteiger partial charge in [0.2, 0.25) is 5.91 Å². The quantitative estimate of drug-likeness (QED) is 0.731. The molecule has 0 bridgehead atoms. The fourth-order valence-electron chi connectivity index (χ4n) is 1.92. The third kappa shape index (κ3) is 4.70. The summed E-state index contributed by atoms with van der Waals surface area (Å²) in [5.41, 5.74) is 5.62. The van der Waals surface area contributed by atoms with Crippen LogP contribution in [0.15, 0.2) is 0 Å². The number of hydrogen-bond acceptors (Lipinski definition) is 5. The number of unbranched alkanes of at least 4 members (excludes halogenated alkanes) is 1. The molecule has 2 N–H and O–H groups in total. The second kappa shape index (κ2) is 8.38. The summed E-state index contributed by atoms with van der Waals surface area (Å²) in [6, 6.07) is 1.11. The second-order valence-corrected chi connectivity index (χ2v) is 4.75. The van der Waals surface area contributed by atoms with Gasteiger partial charge >= 0.3 is 6.09 Å². The first-order valence-electron chi connectivity index (χ1n) is 6.93. The Labute approximate surface area is 119 Å². The van der Waals surface area contributed by atoms with Gasteiger partial charge in [0.25, 0.3) is 0 Å². The number of nitriles is 1. The maximum Gasteiger partial charge on any atom is 0.409 e. The van der Waals surface area contributed by atoms with E-state index in [0.29, 0.717) is 32.8 Å². The highest BCUT2D eigenvalue weighted by Gasteiger charge is 2.27. The molecular weight excluding hydrogens is 260 g/mol. The predicted octanol–water partition coefficient (Wildman–Crippen LogP) is 0.308. The molecule has 0 saturated carbocycles. The van der Waals surface area contributed by atoms with Gasteiger partial charge in [0, 0.05) is 26.2 Å². The zero-order chi connectivity index (χ0) is 15.0. The van der Waals surface area contributed by atoms with E-state index in [0.717, 1.165) is 12.8 Å². The fourth-order valence-corrected chi connectivity index (χ4v) is 1.92. The molecule has 112 valence electrons. The molecule has 1 aliphatic rings. The van der Waals surface area contributed by atoms with E-state index in [1.165, 1.54) is 0 Å². The first-order chi connectivity index (χ1) is 9.60. The molecule has 2 amide bonds. The average molecular weight is 282 g/mol. The van der Waals surface area contributed by atoms with E-state index in [1.54, 1.807) is 9.80 Å². The van der Waals surface area contributed by atoms with Crippen LogP contribution in [-0.4, -0.2) is 60.6 Å². The Hall–Kier alpha value is -1.81. The highest BCUT2D eigenvalue weighted by atomic mass is 16.6. The third-order valence-corrected chi connectivity index (χ3v) is 3.20. The number of rotatable bonds is 5. The molecule has 0 radical (unpaired) electrons. The van der Waals surface area contributed by atoms with Gasteiger partial charge in [-0.2, -0.15) is 5.26 Å². The number of nitrogens with zero attached hydrogens (tertiary/aromatic N) is 3. The molecule has 7 nitrogen and oxygen atoms in total. The smallest absolute Gasteiger partial charge is 0.409 e. The molecule has 7 heteroatoms. The maximum atomic E-state index is 11.9. The van der Waals surface area contributed by atoms with Crippen molar-refractivity contribution in [2.24, 2.45) is 5.73 Å². The molecule has 0 spiro atoms. The summed E-state index contributed by atoms with van der Waals surface area (Å²) >= 11 is 0. The van der Waals surface area contributed by atoms with E-state index in [1.807, 2.05) is 13.0 Å². The van der Waals surface area contributed by atoms with Crippen LogP contribution < -0.4 is 5.73 Å². The van der Waals surface area contributed by atoms with Crippen molar-refractivity contribution in [2.45, 2.75) is 32.2 Å². The molecule has 1 saturated heterocycles. The monoisotopic (exact) mass is 282 g/mol. The SMILES string of the molecule is CCCCOC(=O)N1CCN(C(=O)[C@@H](N)CC#N)CC1. The molecule has 20 heavy (non-hydrogen) atoms. The molecule has 1 aliphatic heterocycles. The Morgan fingerprint density at radius 2 is 1.90 bits per heavy atom. The van der Waals surface area contributed by atoms with Gasteiger partial charge in [-0.25, -0.2) is 4.79 Å².